The molecule has 3 aromatic rings. The molecule has 2 amide bonds. The first-order chi connectivity index (χ1) is 16.8. The van der Waals surface area contributed by atoms with E-state index in [4.69, 9.17) is 21.7 Å². The van der Waals surface area contributed by atoms with E-state index in [1.807, 2.05) is 31.2 Å². The van der Waals surface area contributed by atoms with Gasteiger partial charge in [-0.05, 0) is 79.3 Å². The lowest BCUT2D eigenvalue weighted by molar-refractivity contribution is -0.118. The Labute approximate surface area is 207 Å². The van der Waals surface area contributed by atoms with E-state index in [-0.39, 0.29) is 29.2 Å². The van der Waals surface area contributed by atoms with Gasteiger partial charge in [-0.15, -0.1) is 0 Å². The van der Waals surface area contributed by atoms with E-state index < -0.39 is 5.82 Å². The number of halogens is 1. The van der Waals surface area contributed by atoms with E-state index in [9.17, 15) is 14.0 Å². The van der Waals surface area contributed by atoms with Gasteiger partial charge < -0.3 is 20.1 Å². The summed E-state index contributed by atoms with van der Waals surface area (Å²) in [6.07, 6.45) is 1.62. The van der Waals surface area contributed by atoms with Gasteiger partial charge in [0.05, 0.1) is 12.8 Å². The quantitative estimate of drug-likeness (QED) is 0.376. The van der Waals surface area contributed by atoms with Crippen LogP contribution in [0.1, 0.15) is 11.1 Å². The van der Waals surface area contributed by atoms with Crippen LogP contribution in [-0.2, 0) is 9.59 Å². The van der Waals surface area contributed by atoms with Crippen LogP contribution in [0.15, 0.2) is 72.4 Å². The molecule has 0 bridgehead atoms. The fourth-order valence-electron chi connectivity index (χ4n) is 3.40. The van der Waals surface area contributed by atoms with Gasteiger partial charge >= 0.3 is 0 Å². The molecule has 2 N–H and O–H groups in total. The number of hydrogen-bond donors (Lipinski definition) is 2. The number of benzene rings is 3. The Morgan fingerprint density at radius 1 is 1.09 bits per heavy atom. The van der Waals surface area contributed by atoms with Crippen LogP contribution in [0, 0.1) is 12.7 Å². The molecule has 178 valence electrons. The molecule has 1 heterocycles. The van der Waals surface area contributed by atoms with E-state index in [1.165, 1.54) is 36.3 Å². The number of methoxy groups -OCH3 is 1. The molecule has 0 saturated carbocycles. The summed E-state index contributed by atoms with van der Waals surface area (Å²) in [5.41, 5.74) is 3.14. The Kier molecular flexibility index (Phi) is 7.07. The van der Waals surface area contributed by atoms with Gasteiger partial charge in [0.1, 0.15) is 11.5 Å². The molecule has 35 heavy (non-hydrogen) atoms. The van der Waals surface area contributed by atoms with Crippen LogP contribution in [0.2, 0.25) is 0 Å². The number of anilines is 2. The first-order valence-electron chi connectivity index (χ1n) is 10.6. The first kappa shape index (κ1) is 23.9. The number of carbonyl (C=O) groups is 2. The summed E-state index contributed by atoms with van der Waals surface area (Å²) in [4.78, 5) is 26.4. The fourth-order valence-corrected chi connectivity index (χ4v) is 3.70. The highest BCUT2D eigenvalue weighted by Gasteiger charge is 2.32. The van der Waals surface area contributed by atoms with Crippen LogP contribution >= 0.6 is 12.2 Å². The van der Waals surface area contributed by atoms with Gasteiger partial charge in [-0.3, -0.25) is 14.5 Å². The Bertz CT molecular complexity index is 1310. The van der Waals surface area contributed by atoms with Gasteiger partial charge in [0, 0.05) is 5.69 Å². The minimum absolute atomic E-state index is 0.194. The minimum Gasteiger partial charge on any atom is -0.493 e. The number of aryl methyl sites for hydroxylation is 1. The summed E-state index contributed by atoms with van der Waals surface area (Å²) in [5.74, 6) is -0.309. The van der Waals surface area contributed by atoms with Gasteiger partial charge in [-0.1, -0.05) is 23.8 Å². The second-order valence-corrected chi connectivity index (χ2v) is 8.11. The van der Waals surface area contributed by atoms with Crippen LogP contribution in [0.3, 0.4) is 0 Å². The van der Waals surface area contributed by atoms with Crippen LogP contribution in [0.5, 0.6) is 11.5 Å². The van der Waals surface area contributed by atoms with Gasteiger partial charge in [0.25, 0.3) is 11.8 Å². The van der Waals surface area contributed by atoms with E-state index in [1.54, 1.807) is 24.3 Å². The Morgan fingerprint density at radius 3 is 2.49 bits per heavy atom. The molecule has 4 rings (SSSR count). The summed E-state index contributed by atoms with van der Waals surface area (Å²) in [7, 11) is 1.48. The molecule has 1 saturated heterocycles. The third-order valence-corrected chi connectivity index (χ3v) is 5.44. The van der Waals surface area contributed by atoms with E-state index in [0.717, 1.165) is 5.56 Å². The van der Waals surface area contributed by atoms with Gasteiger partial charge in [-0.2, -0.15) is 0 Å². The topological polar surface area (TPSA) is 79.9 Å². The van der Waals surface area contributed by atoms with Gasteiger partial charge in [0.15, 0.2) is 23.2 Å². The largest absolute Gasteiger partial charge is 0.493 e. The Balaban J connectivity index is 1.44. The number of hydrogen-bond acceptors (Lipinski definition) is 5. The lowest BCUT2D eigenvalue weighted by Gasteiger charge is -2.13. The number of ether oxygens (including phenoxy) is 2. The van der Waals surface area contributed by atoms with Crippen molar-refractivity contribution in [3.05, 3.63) is 89.4 Å². The molecular formula is C26H22FN3O4S. The zero-order valence-electron chi connectivity index (χ0n) is 19.0. The maximum atomic E-state index is 13.2. The van der Waals surface area contributed by atoms with E-state index in [2.05, 4.69) is 10.6 Å². The zero-order valence-corrected chi connectivity index (χ0v) is 19.8. The smallest absolute Gasteiger partial charge is 0.281 e. The van der Waals surface area contributed by atoms with Gasteiger partial charge in [0.2, 0.25) is 0 Å². The maximum Gasteiger partial charge on any atom is 0.281 e. The lowest BCUT2D eigenvalue weighted by atomic mass is 10.1. The van der Waals surface area contributed by atoms with Crippen molar-refractivity contribution in [1.29, 1.82) is 0 Å². The molecule has 0 aromatic heterocycles. The average molecular weight is 492 g/mol. The molecular weight excluding hydrogens is 469 g/mol. The number of nitrogens with one attached hydrogen (secondary N) is 2. The second-order valence-electron chi connectivity index (χ2n) is 7.72. The van der Waals surface area contributed by atoms with E-state index in [0.29, 0.717) is 28.4 Å². The molecule has 0 spiro atoms. The number of amides is 2. The first-order valence-corrected chi connectivity index (χ1v) is 11.0. The normalized spacial score (nSPS) is 14.1. The summed E-state index contributed by atoms with van der Waals surface area (Å²) in [5, 5.41) is 5.85. The molecule has 1 aliphatic heterocycles. The van der Waals surface area contributed by atoms with Crippen molar-refractivity contribution < 1.29 is 23.5 Å². The monoisotopic (exact) mass is 491 g/mol. The fraction of sp³-hybridized carbons (Fsp3) is 0.115. The third kappa shape index (κ3) is 5.64. The SMILES string of the molecule is COc1cc(/C=C2/NC(=S)N(c3ccc(F)cc3)C2=O)ccc1OCC(=O)Nc1ccc(C)cc1. The molecule has 7 nitrogen and oxygen atoms in total. The highest BCUT2D eigenvalue weighted by Crippen LogP contribution is 2.30. The van der Waals surface area contributed by atoms with Crippen LogP contribution in [0.25, 0.3) is 6.08 Å². The molecule has 3 aromatic carbocycles. The zero-order chi connectivity index (χ0) is 24.9. The maximum absolute atomic E-state index is 13.2. The predicted octanol–water partition coefficient (Wildman–Crippen LogP) is 4.42. The number of nitrogens with zero attached hydrogens (tertiary/aromatic N) is 1. The number of thiocarbonyl (C=S) groups is 1. The standard InChI is InChI=1S/C26H22FN3O4S/c1-16-3-8-19(9-4-16)28-24(31)15-34-22-12-5-17(14-23(22)33-2)13-21-25(32)30(26(35)29-21)20-10-6-18(27)7-11-20/h3-14H,15H2,1-2H3,(H,28,31)(H,29,35)/b21-13+. The molecule has 0 radical (unpaired) electrons. The summed E-state index contributed by atoms with van der Waals surface area (Å²) in [6, 6.07) is 18.0. The third-order valence-electron chi connectivity index (χ3n) is 5.16. The molecule has 0 unspecified atom stereocenters. The Hall–Kier alpha value is -4.24. The summed E-state index contributed by atoms with van der Waals surface area (Å²) >= 11 is 5.28. The van der Waals surface area contributed by atoms with Crippen LogP contribution < -0.4 is 25.0 Å². The van der Waals surface area contributed by atoms with Crippen molar-refractivity contribution in [2.24, 2.45) is 0 Å². The van der Waals surface area contributed by atoms with Crippen LogP contribution in [-0.4, -0.2) is 30.6 Å². The molecule has 0 atom stereocenters. The molecule has 1 aliphatic rings. The molecule has 0 aliphatic carbocycles. The average Bonchev–Trinajstić information content (AvgIpc) is 3.12. The number of carbonyl (C=O) groups excluding carboxylic acids is 2. The van der Waals surface area contributed by atoms with Crippen molar-refractivity contribution in [2.45, 2.75) is 6.92 Å². The molecule has 1 fully saturated rings. The van der Waals surface area contributed by atoms with Crippen molar-refractivity contribution in [3.8, 4) is 11.5 Å². The van der Waals surface area contributed by atoms with Crippen molar-refractivity contribution in [3.63, 3.8) is 0 Å². The second kappa shape index (κ2) is 10.4. The summed E-state index contributed by atoms with van der Waals surface area (Å²) in [6.45, 7) is 1.76. The van der Waals surface area contributed by atoms with Gasteiger partial charge in [-0.25, -0.2) is 4.39 Å². The van der Waals surface area contributed by atoms with Crippen molar-refractivity contribution in [1.82, 2.24) is 5.32 Å². The van der Waals surface area contributed by atoms with Crippen molar-refractivity contribution >= 4 is 46.6 Å². The van der Waals surface area contributed by atoms with E-state index >= 15 is 0 Å². The highest BCUT2D eigenvalue weighted by atomic mass is 32.1. The van der Waals surface area contributed by atoms with Crippen molar-refractivity contribution in [2.75, 3.05) is 23.9 Å². The minimum atomic E-state index is -0.405. The van der Waals surface area contributed by atoms with Crippen LogP contribution in [0.4, 0.5) is 15.8 Å². The number of rotatable bonds is 7. The lowest BCUT2D eigenvalue weighted by Crippen LogP contribution is -2.30. The predicted molar refractivity (Wildman–Crippen MR) is 136 cm³/mol. The Morgan fingerprint density at radius 2 is 1.80 bits per heavy atom. The molecule has 9 heteroatoms. The highest BCUT2D eigenvalue weighted by molar-refractivity contribution is 7.80. The summed E-state index contributed by atoms with van der Waals surface area (Å²) < 4.78 is 24.3.